The first-order valence-corrected chi connectivity index (χ1v) is 9.93. The van der Waals surface area contributed by atoms with Crippen molar-refractivity contribution < 1.29 is 8.78 Å². The third-order valence-electron chi connectivity index (χ3n) is 4.75. The van der Waals surface area contributed by atoms with Crippen molar-refractivity contribution in [2.45, 2.75) is 46.1 Å². The molecule has 0 saturated carbocycles. The van der Waals surface area contributed by atoms with E-state index in [4.69, 9.17) is 0 Å². The Morgan fingerprint density at radius 3 is 2.47 bits per heavy atom. The molecule has 0 amide bonds. The van der Waals surface area contributed by atoms with Crippen LogP contribution < -0.4 is 0 Å². The fourth-order valence-electron chi connectivity index (χ4n) is 3.40. The number of hydrogen-bond donors (Lipinski definition) is 1. The van der Waals surface area contributed by atoms with Crippen molar-refractivity contribution in [3.63, 3.8) is 0 Å². The second-order valence-corrected chi connectivity index (χ2v) is 7.02. The highest BCUT2D eigenvalue weighted by Gasteiger charge is 2.21. The molecule has 0 bridgehead atoms. The molecule has 4 aromatic rings. The minimum atomic E-state index is -0.745. The number of halogens is 2. The van der Waals surface area contributed by atoms with Gasteiger partial charge >= 0.3 is 0 Å². The van der Waals surface area contributed by atoms with Crippen LogP contribution in [0.25, 0.3) is 17.2 Å². The van der Waals surface area contributed by atoms with Crippen LogP contribution in [0.15, 0.2) is 30.3 Å². The van der Waals surface area contributed by atoms with Crippen molar-refractivity contribution >= 4 is 0 Å². The largest absolute Gasteiger partial charge is 0.280 e. The lowest BCUT2D eigenvalue weighted by atomic mass is 10.2. The summed E-state index contributed by atoms with van der Waals surface area (Å²) in [5.41, 5.74) is 1.39. The lowest BCUT2D eigenvalue weighted by Crippen LogP contribution is -2.07. The molecule has 10 heteroatoms. The molecule has 30 heavy (non-hydrogen) atoms. The zero-order valence-electron chi connectivity index (χ0n) is 16.8. The van der Waals surface area contributed by atoms with Gasteiger partial charge in [-0.15, -0.1) is 5.10 Å². The van der Waals surface area contributed by atoms with Crippen LogP contribution >= 0.6 is 0 Å². The molecule has 3 aromatic heterocycles. The minimum Gasteiger partial charge on any atom is -0.280 e. The van der Waals surface area contributed by atoms with E-state index in [0.29, 0.717) is 12.2 Å². The van der Waals surface area contributed by atoms with Crippen LogP contribution in [0.2, 0.25) is 0 Å². The Hall–Kier alpha value is -3.43. The zero-order chi connectivity index (χ0) is 21.1. The number of nitrogens with zero attached hydrogens (tertiary/aromatic N) is 7. The molecule has 3 heterocycles. The molecule has 0 aliphatic carbocycles. The normalized spacial score (nSPS) is 11.3. The number of benzene rings is 1. The number of rotatable bonds is 8. The summed E-state index contributed by atoms with van der Waals surface area (Å²) in [5, 5.41) is 17.7. The van der Waals surface area contributed by atoms with E-state index >= 15 is 0 Å². The van der Waals surface area contributed by atoms with Crippen molar-refractivity contribution in [1.82, 2.24) is 40.0 Å². The first-order chi connectivity index (χ1) is 14.6. The highest BCUT2D eigenvalue weighted by molar-refractivity contribution is 5.56. The standard InChI is InChI=1S/C20H22F2N8/c1-3-5-17-23-18(6-4-2)29(26-17)12-13-7-9-14(10-8-13)30-16(22)11-15(21)19(30)20-24-27-28-25-20/h7-11H,3-6,12H2,1-2H3,(H,24,25,27,28). The average Bonchev–Trinajstić information content (AvgIpc) is 3.43. The Balaban J connectivity index is 1.62. The summed E-state index contributed by atoms with van der Waals surface area (Å²) >= 11 is 0. The van der Waals surface area contributed by atoms with Gasteiger partial charge in [-0.3, -0.25) is 4.57 Å². The van der Waals surface area contributed by atoms with E-state index in [0.717, 1.165) is 53.5 Å². The van der Waals surface area contributed by atoms with E-state index in [9.17, 15) is 8.78 Å². The fraction of sp³-hybridized carbons (Fsp3) is 0.350. The molecule has 0 atom stereocenters. The average molecular weight is 412 g/mol. The van der Waals surface area contributed by atoms with Gasteiger partial charge in [0.1, 0.15) is 11.5 Å². The zero-order valence-corrected chi connectivity index (χ0v) is 16.8. The Bertz CT molecular complexity index is 1110. The highest BCUT2D eigenvalue weighted by Crippen LogP contribution is 2.26. The first-order valence-electron chi connectivity index (χ1n) is 9.93. The number of aromatic nitrogens is 8. The van der Waals surface area contributed by atoms with E-state index in [-0.39, 0.29) is 11.5 Å². The SMILES string of the molecule is CCCc1nc(CCC)n(Cc2ccc(-n3c(F)cc(F)c3-c3nnn[nH]3)cc2)n1. The maximum absolute atomic E-state index is 14.4. The molecule has 0 unspecified atom stereocenters. The Labute approximate surface area is 172 Å². The van der Waals surface area contributed by atoms with Gasteiger partial charge in [-0.05, 0) is 41.0 Å². The third-order valence-corrected chi connectivity index (χ3v) is 4.75. The van der Waals surface area contributed by atoms with Gasteiger partial charge in [0.15, 0.2) is 17.5 Å². The molecule has 0 spiro atoms. The Kier molecular flexibility index (Phi) is 5.64. The molecule has 4 rings (SSSR count). The van der Waals surface area contributed by atoms with E-state index in [2.05, 4.69) is 44.6 Å². The molecule has 0 radical (unpaired) electrons. The van der Waals surface area contributed by atoms with Gasteiger partial charge in [0.05, 0.1) is 6.54 Å². The Morgan fingerprint density at radius 2 is 1.80 bits per heavy atom. The highest BCUT2D eigenvalue weighted by atomic mass is 19.1. The van der Waals surface area contributed by atoms with Crippen LogP contribution in [0.1, 0.15) is 43.9 Å². The van der Waals surface area contributed by atoms with Crippen molar-refractivity contribution in [2.75, 3.05) is 0 Å². The Morgan fingerprint density at radius 1 is 1.03 bits per heavy atom. The first kappa shape index (κ1) is 19.9. The molecule has 0 fully saturated rings. The lowest BCUT2D eigenvalue weighted by Gasteiger charge is -2.10. The molecular weight excluding hydrogens is 390 g/mol. The molecule has 0 aliphatic rings. The molecule has 0 aliphatic heterocycles. The van der Waals surface area contributed by atoms with Crippen LogP contribution in [0.4, 0.5) is 8.78 Å². The smallest absolute Gasteiger partial charge is 0.201 e. The molecular formula is C20H22F2N8. The van der Waals surface area contributed by atoms with Gasteiger partial charge in [-0.25, -0.2) is 19.2 Å². The minimum absolute atomic E-state index is 0.0516. The van der Waals surface area contributed by atoms with E-state index in [1.165, 1.54) is 0 Å². The predicted octanol–water partition coefficient (Wildman–Crippen LogP) is 3.48. The second-order valence-electron chi connectivity index (χ2n) is 7.02. The van der Waals surface area contributed by atoms with E-state index in [1.54, 1.807) is 12.1 Å². The van der Waals surface area contributed by atoms with E-state index < -0.39 is 11.8 Å². The molecule has 8 nitrogen and oxygen atoms in total. The van der Waals surface area contributed by atoms with Crippen molar-refractivity contribution in [3.05, 3.63) is 59.3 Å². The van der Waals surface area contributed by atoms with Crippen LogP contribution in [-0.2, 0) is 19.4 Å². The summed E-state index contributed by atoms with van der Waals surface area (Å²) in [7, 11) is 0. The monoisotopic (exact) mass is 412 g/mol. The topological polar surface area (TPSA) is 90.1 Å². The number of aryl methyl sites for hydroxylation is 2. The summed E-state index contributed by atoms with van der Waals surface area (Å²) in [4.78, 5) is 4.64. The summed E-state index contributed by atoms with van der Waals surface area (Å²) < 4.78 is 31.8. The summed E-state index contributed by atoms with van der Waals surface area (Å²) in [5.74, 6) is 0.384. The number of tetrazole rings is 1. The van der Waals surface area contributed by atoms with Crippen LogP contribution in [0.5, 0.6) is 0 Å². The van der Waals surface area contributed by atoms with Gasteiger partial charge in [0.25, 0.3) is 0 Å². The number of H-pyrrole nitrogens is 1. The van der Waals surface area contributed by atoms with Gasteiger partial charge < -0.3 is 0 Å². The summed E-state index contributed by atoms with van der Waals surface area (Å²) in [6.07, 6.45) is 3.69. The third kappa shape index (κ3) is 3.85. The van der Waals surface area contributed by atoms with Gasteiger partial charge in [0.2, 0.25) is 5.95 Å². The number of nitrogens with one attached hydrogen (secondary N) is 1. The number of aromatic amines is 1. The quantitative estimate of drug-likeness (QED) is 0.479. The molecule has 1 aromatic carbocycles. The van der Waals surface area contributed by atoms with Crippen molar-refractivity contribution in [3.8, 4) is 17.2 Å². The molecule has 1 N–H and O–H groups in total. The van der Waals surface area contributed by atoms with Gasteiger partial charge in [-0.2, -0.15) is 9.49 Å². The summed E-state index contributed by atoms with van der Waals surface area (Å²) in [6, 6.07) is 8.01. The van der Waals surface area contributed by atoms with Crippen LogP contribution in [-0.4, -0.2) is 40.0 Å². The van der Waals surface area contributed by atoms with Crippen molar-refractivity contribution in [2.24, 2.45) is 0 Å². The molecule has 156 valence electrons. The maximum atomic E-state index is 14.4. The second kappa shape index (κ2) is 8.52. The van der Waals surface area contributed by atoms with Gasteiger partial charge in [0, 0.05) is 24.6 Å². The van der Waals surface area contributed by atoms with Crippen molar-refractivity contribution in [1.29, 1.82) is 0 Å². The van der Waals surface area contributed by atoms with Gasteiger partial charge in [-0.1, -0.05) is 26.0 Å². The molecule has 0 saturated heterocycles. The fourth-order valence-corrected chi connectivity index (χ4v) is 3.40. The lowest BCUT2D eigenvalue weighted by molar-refractivity contribution is 0.559. The van der Waals surface area contributed by atoms with Crippen LogP contribution in [0, 0.1) is 11.8 Å². The number of hydrogen-bond acceptors (Lipinski definition) is 5. The van der Waals surface area contributed by atoms with Crippen LogP contribution in [0.3, 0.4) is 0 Å². The van der Waals surface area contributed by atoms with E-state index in [1.807, 2.05) is 16.8 Å². The summed E-state index contributed by atoms with van der Waals surface area (Å²) in [6.45, 7) is 4.78. The maximum Gasteiger partial charge on any atom is 0.201 e. The predicted molar refractivity (Wildman–Crippen MR) is 106 cm³/mol.